The molecule has 158 valence electrons. The van der Waals surface area contributed by atoms with E-state index in [0.717, 1.165) is 11.1 Å². The van der Waals surface area contributed by atoms with Crippen molar-refractivity contribution in [2.75, 3.05) is 19.0 Å². The maximum Gasteiger partial charge on any atom is 0.331 e. The summed E-state index contributed by atoms with van der Waals surface area (Å²) in [4.78, 5) is 24.2. The van der Waals surface area contributed by atoms with Crippen molar-refractivity contribution in [1.29, 1.82) is 0 Å². The van der Waals surface area contributed by atoms with Crippen LogP contribution in [-0.4, -0.2) is 30.7 Å². The molecule has 0 saturated carbocycles. The fraction of sp³-hybridized carbons (Fsp3) is 0.120. The molecule has 0 unspecified atom stereocenters. The molecule has 0 saturated heterocycles. The van der Waals surface area contributed by atoms with Crippen LogP contribution < -0.4 is 10.1 Å². The molecule has 0 aliphatic carbocycles. The Labute approximate surface area is 180 Å². The Morgan fingerprint density at radius 2 is 1.74 bits per heavy atom. The summed E-state index contributed by atoms with van der Waals surface area (Å²) in [5.41, 5.74) is 3.42. The lowest BCUT2D eigenvalue weighted by molar-refractivity contribution is -0.142. The summed E-state index contributed by atoms with van der Waals surface area (Å²) in [6.07, 6.45) is 3.40. The smallest absolute Gasteiger partial charge is 0.331 e. The number of hydrogen-bond donors (Lipinski definition) is 2. The fourth-order valence-electron chi connectivity index (χ4n) is 2.95. The van der Waals surface area contributed by atoms with Gasteiger partial charge < -0.3 is 19.9 Å². The average molecular weight is 417 g/mol. The summed E-state index contributed by atoms with van der Waals surface area (Å²) >= 11 is 0. The first kappa shape index (κ1) is 21.6. The number of carbonyl (C=O) groups excluding carboxylic acids is 2. The minimum atomic E-state index is -0.653. The van der Waals surface area contributed by atoms with Gasteiger partial charge in [-0.15, -0.1) is 0 Å². The summed E-state index contributed by atoms with van der Waals surface area (Å²) in [6, 6.07) is 22.1. The number of carbonyl (C=O) groups is 2. The van der Waals surface area contributed by atoms with Gasteiger partial charge in [0, 0.05) is 11.8 Å². The van der Waals surface area contributed by atoms with Gasteiger partial charge in [-0.25, -0.2) is 4.79 Å². The summed E-state index contributed by atoms with van der Waals surface area (Å²) in [6.45, 7) is -0.401. The Morgan fingerprint density at radius 1 is 1.00 bits per heavy atom. The molecule has 0 aliphatic rings. The average Bonchev–Trinajstić information content (AvgIpc) is 2.79. The van der Waals surface area contributed by atoms with Gasteiger partial charge in [-0.3, -0.25) is 4.79 Å². The first-order valence-electron chi connectivity index (χ1n) is 9.68. The molecule has 0 fully saturated rings. The largest absolute Gasteiger partial charge is 0.504 e. The maximum absolute atomic E-state index is 12.3. The van der Waals surface area contributed by atoms with Crippen LogP contribution in [-0.2, 0) is 20.7 Å². The number of hydrogen-bond acceptors (Lipinski definition) is 5. The highest BCUT2D eigenvalue weighted by Gasteiger charge is 2.09. The zero-order valence-electron chi connectivity index (χ0n) is 17.1. The Balaban J connectivity index is 1.54. The van der Waals surface area contributed by atoms with E-state index >= 15 is 0 Å². The van der Waals surface area contributed by atoms with E-state index in [1.807, 2.05) is 54.6 Å². The van der Waals surface area contributed by atoms with Crippen LogP contribution in [0.3, 0.4) is 0 Å². The molecule has 1 amide bonds. The predicted molar refractivity (Wildman–Crippen MR) is 119 cm³/mol. The van der Waals surface area contributed by atoms with Crippen LogP contribution in [0.2, 0.25) is 0 Å². The van der Waals surface area contributed by atoms with Gasteiger partial charge in [0.2, 0.25) is 0 Å². The first-order chi connectivity index (χ1) is 15.0. The topological polar surface area (TPSA) is 84.9 Å². The third-order valence-electron chi connectivity index (χ3n) is 4.49. The van der Waals surface area contributed by atoms with E-state index < -0.39 is 18.5 Å². The van der Waals surface area contributed by atoms with Crippen molar-refractivity contribution in [3.05, 3.63) is 95.6 Å². The molecule has 0 heterocycles. The second-order valence-electron chi connectivity index (χ2n) is 6.74. The molecular formula is C25H23NO5. The zero-order chi connectivity index (χ0) is 22.1. The third kappa shape index (κ3) is 6.47. The second-order valence-corrected chi connectivity index (χ2v) is 6.74. The molecule has 3 aromatic carbocycles. The van der Waals surface area contributed by atoms with Gasteiger partial charge in [0.05, 0.1) is 7.11 Å². The van der Waals surface area contributed by atoms with E-state index in [0.29, 0.717) is 23.4 Å². The molecule has 2 N–H and O–H groups in total. The third-order valence-corrected chi connectivity index (χ3v) is 4.49. The van der Waals surface area contributed by atoms with E-state index in [1.165, 1.54) is 25.3 Å². The second kappa shape index (κ2) is 10.6. The number of phenolic OH excluding ortho intramolecular Hbond substituents is 1. The minimum absolute atomic E-state index is 0.00597. The van der Waals surface area contributed by atoms with Crippen molar-refractivity contribution >= 4 is 23.6 Å². The number of esters is 1. The fourth-order valence-corrected chi connectivity index (χ4v) is 2.95. The van der Waals surface area contributed by atoms with Gasteiger partial charge in [-0.05, 0) is 47.4 Å². The molecule has 0 spiro atoms. The lowest BCUT2D eigenvalue weighted by Crippen LogP contribution is -2.20. The van der Waals surface area contributed by atoms with Crippen LogP contribution in [0.4, 0.5) is 5.69 Å². The van der Waals surface area contributed by atoms with E-state index in [1.54, 1.807) is 12.1 Å². The predicted octanol–water partition coefficient (Wildman–Crippen LogP) is 4.19. The number of rotatable bonds is 8. The van der Waals surface area contributed by atoms with E-state index in [-0.39, 0.29) is 5.75 Å². The summed E-state index contributed by atoms with van der Waals surface area (Å²) in [5.74, 6) is -0.774. The molecule has 31 heavy (non-hydrogen) atoms. The van der Waals surface area contributed by atoms with Gasteiger partial charge in [-0.2, -0.15) is 0 Å². The van der Waals surface area contributed by atoms with Crippen molar-refractivity contribution in [1.82, 2.24) is 0 Å². The number of anilines is 1. The molecule has 3 aromatic rings. The molecule has 0 atom stereocenters. The highest BCUT2D eigenvalue weighted by molar-refractivity contribution is 5.95. The lowest BCUT2D eigenvalue weighted by atomic mass is 10.0. The Bertz CT molecular complexity index is 1080. The highest BCUT2D eigenvalue weighted by Crippen LogP contribution is 2.26. The van der Waals surface area contributed by atoms with Crippen LogP contribution >= 0.6 is 0 Å². The number of para-hydroxylation sites is 1. The maximum atomic E-state index is 12.3. The van der Waals surface area contributed by atoms with E-state index in [2.05, 4.69) is 5.32 Å². The van der Waals surface area contributed by atoms with Crippen molar-refractivity contribution in [2.24, 2.45) is 0 Å². The van der Waals surface area contributed by atoms with Gasteiger partial charge in [0.15, 0.2) is 18.1 Å². The molecule has 6 heteroatoms. The molecular weight excluding hydrogens is 394 g/mol. The summed E-state index contributed by atoms with van der Waals surface area (Å²) in [7, 11) is 1.44. The van der Waals surface area contributed by atoms with Crippen LogP contribution in [0.1, 0.15) is 16.7 Å². The Hall–Kier alpha value is -4.06. The standard InChI is InChI=1S/C25H23NO5/c1-30-23-16-19(11-13-22(23)27)12-14-25(29)31-17-24(28)26-21-10-6-5-9-20(21)15-18-7-3-2-4-8-18/h2-14,16,27H,15,17H2,1H3,(H,26,28)/b14-12+. The van der Waals surface area contributed by atoms with Crippen LogP contribution in [0.5, 0.6) is 11.5 Å². The highest BCUT2D eigenvalue weighted by atomic mass is 16.5. The molecule has 6 nitrogen and oxygen atoms in total. The number of aromatic hydroxyl groups is 1. The quantitative estimate of drug-likeness (QED) is 0.424. The zero-order valence-corrected chi connectivity index (χ0v) is 17.1. The van der Waals surface area contributed by atoms with E-state index in [4.69, 9.17) is 9.47 Å². The number of methoxy groups -OCH3 is 1. The van der Waals surface area contributed by atoms with Crippen LogP contribution in [0, 0.1) is 0 Å². The molecule has 0 radical (unpaired) electrons. The number of nitrogens with one attached hydrogen (secondary N) is 1. The molecule has 0 bridgehead atoms. The molecule has 3 rings (SSSR count). The van der Waals surface area contributed by atoms with E-state index in [9.17, 15) is 14.7 Å². The van der Waals surface area contributed by atoms with Crippen molar-refractivity contribution in [3.63, 3.8) is 0 Å². The molecule has 0 aliphatic heterocycles. The lowest BCUT2D eigenvalue weighted by Gasteiger charge is -2.11. The van der Waals surface area contributed by atoms with Crippen LogP contribution in [0.15, 0.2) is 78.9 Å². The molecule has 0 aromatic heterocycles. The van der Waals surface area contributed by atoms with Crippen LogP contribution in [0.25, 0.3) is 6.08 Å². The van der Waals surface area contributed by atoms with Gasteiger partial charge in [0.1, 0.15) is 0 Å². The first-order valence-corrected chi connectivity index (χ1v) is 9.68. The SMILES string of the molecule is COc1cc(/C=C/C(=O)OCC(=O)Nc2ccccc2Cc2ccccc2)ccc1O. The minimum Gasteiger partial charge on any atom is -0.504 e. The van der Waals surface area contributed by atoms with Crippen molar-refractivity contribution in [2.45, 2.75) is 6.42 Å². The number of phenols is 1. The normalized spacial score (nSPS) is 10.6. The number of benzene rings is 3. The Morgan fingerprint density at radius 3 is 2.52 bits per heavy atom. The van der Waals surface area contributed by atoms with Crippen molar-refractivity contribution < 1.29 is 24.2 Å². The van der Waals surface area contributed by atoms with Gasteiger partial charge in [-0.1, -0.05) is 54.6 Å². The Kier molecular flexibility index (Phi) is 7.43. The number of amides is 1. The van der Waals surface area contributed by atoms with Gasteiger partial charge in [0.25, 0.3) is 5.91 Å². The number of ether oxygens (including phenoxy) is 2. The van der Waals surface area contributed by atoms with Crippen molar-refractivity contribution in [3.8, 4) is 11.5 Å². The summed E-state index contributed by atoms with van der Waals surface area (Å²) < 4.78 is 10.0. The van der Waals surface area contributed by atoms with Gasteiger partial charge >= 0.3 is 5.97 Å². The summed E-state index contributed by atoms with van der Waals surface area (Å²) in [5, 5.41) is 12.4. The monoisotopic (exact) mass is 417 g/mol.